The number of hydrogen-bond acceptors (Lipinski definition) is 4. The lowest BCUT2D eigenvalue weighted by Crippen LogP contribution is -2.33. The van der Waals surface area contributed by atoms with Crippen molar-refractivity contribution in [3.63, 3.8) is 0 Å². The molecule has 2 aromatic carbocycles. The van der Waals surface area contributed by atoms with Gasteiger partial charge < -0.3 is 14.8 Å². The highest BCUT2D eigenvalue weighted by Gasteiger charge is 2.27. The van der Waals surface area contributed by atoms with Crippen molar-refractivity contribution in [2.24, 2.45) is 0 Å². The molecule has 2 aromatic rings. The van der Waals surface area contributed by atoms with Crippen LogP contribution in [0.4, 0.5) is 0 Å². The van der Waals surface area contributed by atoms with Crippen LogP contribution in [0.15, 0.2) is 46.9 Å². The van der Waals surface area contributed by atoms with Crippen LogP contribution in [0.1, 0.15) is 23.6 Å². The van der Waals surface area contributed by atoms with Crippen molar-refractivity contribution >= 4 is 15.9 Å². The highest BCUT2D eigenvalue weighted by atomic mass is 79.9. The van der Waals surface area contributed by atoms with Gasteiger partial charge in [0.1, 0.15) is 0 Å². The first-order valence-electron chi connectivity index (χ1n) is 8.65. The predicted molar refractivity (Wildman–Crippen MR) is 105 cm³/mol. The minimum absolute atomic E-state index is 0.127. The molecular formula is C20H25BrN2O2. The van der Waals surface area contributed by atoms with Crippen LogP contribution in [0.5, 0.6) is 11.5 Å². The molecule has 0 bridgehead atoms. The molecular weight excluding hydrogens is 380 g/mol. The van der Waals surface area contributed by atoms with Crippen molar-refractivity contribution in [2.45, 2.75) is 12.5 Å². The number of para-hydroxylation sites is 1. The fraction of sp³-hybridized carbons (Fsp3) is 0.400. The van der Waals surface area contributed by atoms with E-state index in [2.05, 4.69) is 56.5 Å². The first-order valence-corrected chi connectivity index (χ1v) is 9.45. The summed E-state index contributed by atoms with van der Waals surface area (Å²) in [7, 11) is 3.40. The standard InChI is InChI=1S/C20H25BrN2O2/c1-24-18-9-4-8-17(20(18)25-2)19(15-6-3-7-16(21)14-15)23-12-5-10-22-11-13-23/h3-4,6-9,14,19,22H,5,10-13H2,1-2H3. The van der Waals surface area contributed by atoms with Crippen LogP contribution in [-0.2, 0) is 0 Å². The maximum absolute atomic E-state index is 5.74. The quantitative estimate of drug-likeness (QED) is 0.820. The second-order valence-electron chi connectivity index (χ2n) is 6.18. The second-order valence-corrected chi connectivity index (χ2v) is 7.10. The third-order valence-corrected chi connectivity index (χ3v) is 5.13. The van der Waals surface area contributed by atoms with Crippen LogP contribution in [0, 0.1) is 0 Å². The molecule has 1 saturated heterocycles. The number of nitrogens with zero attached hydrogens (tertiary/aromatic N) is 1. The molecule has 3 rings (SSSR count). The lowest BCUT2D eigenvalue weighted by Gasteiger charge is -2.32. The molecule has 4 nitrogen and oxygen atoms in total. The number of ether oxygens (including phenoxy) is 2. The van der Waals surface area contributed by atoms with E-state index in [9.17, 15) is 0 Å². The van der Waals surface area contributed by atoms with Crippen molar-refractivity contribution in [3.05, 3.63) is 58.1 Å². The third-order valence-electron chi connectivity index (χ3n) is 4.63. The predicted octanol–water partition coefficient (Wildman–Crippen LogP) is 3.85. The SMILES string of the molecule is COc1cccc(C(c2cccc(Br)c2)N2CCCNCC2)c1OC. The van der Waals surface area contributed by atoms with Crippen molar-refractivity contribution in [1.82, 2.24) is 10.2 Å². The summed E-state index contributed by atoms with van der Waals surface area (Å²) in [4.78, 5) is 2.53. The van der Waals surface area contributed by atoms with E-state index in [-0.39, 0.29) is 6.04 Å². The monoisotopic (exact) mass is 404 g/mol. The number of nitrogens with one attached hydrogen (secondary N) is 1. The van der Waals surface area contributed by atoms with Gasteiger partial charge in [0.2, 0.25) is 0 Å². The third kappa shape index (κ3) is 4.17. The molecule has 1 aliphatic heterocycles. The van der Waals surface area contributed by atoms with Crippen molar-refractivity contribution < 1.29 is 9.47 Å². The molecule has 0 radical (unpaired) electrons. The summed E-state index contributed by atoms with van der Waals surface area (Å²) in [6.45, 7) is 4.11. The van der Waals surface area contributed by atoms with Gasteiger partial charge in [-0.2, -0.15) is 0 Å². The normalized spacial score (nSPS) is 16.9. The molecule has 25 heavy (non-hydrogen) atoms. The second kappa shape index (κ2) is 8.70. The fourth-order valence-corrected chi connectivity index (χ4v) is 3.93. The zero-order valence-electron chi connectivity index (χ0n) is 14.8. The van der Waals surface area contributed by atoms with E-state index in [0.717, 1.165) is 54.1 Å². The van der Waals surface area contributed by atoms with Gasteiger partial charge in [-0.05, 0) is 36.7 Å². The number of hydrogen-bond donors (Lipinski definition) is 1. The Hall–Kier alpha value is -1.56. The van der Waals surface area contributed by atoms with Gasteiger partial charge in [0.15, 0.2) is 11.5 Å². The number of benzene rings is 2. The molecule has 0 aliphatic carbocycles. The molecule has 0 saturated carbocycles. The molecule has 1 atom stereocenters. The maximum Gasteiger partial charge on any atom is 0.165 e. The van der Waals surface area contributed by atoms with Crippen molar-refractivity contribution in [3.8, 4) is 11.5 Å². The minimum Gasteiger partial charge on any atom is -0.493 e. The average molecular weight is 405 g/mol. The molecule has 134 valence electrons. The Kier molecular flexibility index (Phi) is 6.34. The molecule has 1 aliphatic rings. The molecule has 0 aromatic heterocycles. The molecule has 1 fully saturated rings. The van der Waals surface area contributed by atoms with E-state index in [1.54, 1.807) is 14.2 Å². The van der Waals surface area contributed by atoms with Gasteiger partial charge >= 0.3 is 0 Å². The summed E-state index contributed by atoms with van der Waals surface area (Å²) in [5, 5.41) is 3.49. The molecule has 1 N–H and O–H groups in total. The van der Waals surface area contributed by atoms with Gasteiger partial charge in [0.05, 0.1) is 20.3 Å². The zero-order valence-corrected chi connectivity index (χ0v) is 16.4. The van der Waals surface area contributed by atoms with Crippen LogP contribution in [-0.4, -0.2) is 45.3 Å². The smallest absolute Gasteiger partial charge is 0.165 e. The van der Waals surface area contributed by atoms with Gasteiger partial charge in [-0.25, -0.2) is 0 Å². The van der Waals surface area contributed by atoms with Crippen LogP contribution in [0.25, 0.3) is 0 Å². The molecule has 5 heteroatoms. The summed E-state index contributed by atoms with van der Waals surface area (Å²) in [6, 6.07) is 14.8. The van der Waals surface area contributed by atoms with E-state index in [1.165, 1.54) is 5.56 Å². The van der Waals surface area contributed by atoms with E-state index in [1.807, 2.05) is 12.1 Å². The number of halogens is 1. The van der Waals surface area contributed by atoms with E-state index in [4.69, 9.17) is 9.47 Å². The highest BCUT2D eigenvalue weighted by molar-refractivity contribution is 9.10. The Labute approximate surface area is 158 Å². The molecule has 1 heterocycles. The molecule has 0 spiro atoms. The Morgan fingerprint density at radius 3 is 2.64 bits per heavy atom. The Morgan fingerprint density at radius 2 is 1.88 bits per heavy atom. The summed E-state index contributed by atoms with van der Waals surface area (Å²) in [5.74, 6) is 1.58. The maximum atomic E-state index is 5.74. The largest absolute Gasteiger partial charge is 0.493 e. The Balaban J connectivity index is 2.11. The van der Waals surface area contributed by atoms with Crippen LogP contribution in [0.2, 0.25) is 0 Å². The summed E-state index contributed by atoms with van der Waals surface area (Å²) < 4.78 is 12.4. The van der Waals surface area contributed by atoms with Crippen molar-refractivity contribution in [2.75, 3.05) is 40.4 Å². The average Bonchev–Trinajstić information content (AvgIpc) is 2.91. The van der Waals surface area contributed by atoms with Gasteiger partial charge in [0.25, 0.3) is 0 Å². The minimum atomic E-state index is 0.127. The highest BCUT2D eigenvalue weighted by Crippen LogP contribution is 2.40. The first kappa shape index (κ1) is 18.2. The summed E-state index contributed by atoms with van der Waals surface area (Å²) in [5.41, 5.74) is 2.39. The van der Waals surface area contributed by atoms with Gasteiger partial charge in [-0.15, -0.1) is 0 Å². The van der Waals surface area contributed by atoms with Crippen molar-refractivity contribution in [1.29, 1.82) is 0 Å². The topological polar surface area (TPSA) is 33.7 Å². The first-order chi connectivity index (χ1) is 12.2. The van der Waals surface area contributed by atoms with Crippen LogP contribution >= 0.6 is 15.9 Å². The Morgan fingerprint density at radius 1 is 1.04 bits per heavy atom. The zero-order chi connectivity index (χ0) is 17.6. The fourth-order valence-electron chi connectivity index (χ4n) is 3.52. The van der Waals surface area contributed by atoms with E-state index < -0.39 is 0 Å². The van der Waals surface area contributed by atoms with Gasteiger partial charge in [0, 0.05) is 29.7 Å². The van der Waals surface area contributed by atoms with E-state index in [0.29, 0.717) is 0 Å². The van der Waals surface area contributed by atoms with E-state index >= 15 is 0 Å². The number of rotatable bonds is 5. The Bertz CT molecular complexity index is 700. The number of methoxy groups -OCH3 is 2. The van der Waals surface area contributed by atoms with Crippen LogP contribution < -0.4 is 14.8 Å². The summed E-state index contributed by atoms with van der Waals surface area (Å²) >= 11 is 3.62. The summed E-state index contributed by atoms with van der Waals surface area (Å²) in [6.07, 6.45) is 1.14. The lowest BCUT2D eigenvalue weighted by atomic mass is 9.95. The molecule has 1 unspecified atom stereocenters. The van der Waals surface area contributed by atoms with Gasteiger partial charge in [-0.1, -0.05) is 40.2 Å². The lowest BCUT2D eigenvalue weighted by molar-refractivity contribution is 0.234. The van der Waals surface area contributed by atoms with Crippen LogP contribution in [0.3, 0.4) is 0 Å². The molecule has 0 amide bonds. The van der Waals surface area contributed by atoms with Gasteiger partial charge in [-0.3, -0.25) is 4.90 Å².